The molecule has 11 heteroatoms. The van der Waals surface area contributed by atoms with E-state index in [-0.39, 0.29) is 53.6 Å². The highest BCUT2D eigenvalue weighted by molar-refractivity contribution is 5.92. The van der Waals surface area contributed by atoms with E-state index >= 15 is 4.39 Å². The van der Waals surface area contributed by atoms with Crippen molar-refractivity contribution in [1.82, 2.24) is 15.2 Å². The van der Waals surface area contributed by atoms with Crippen molar-refractivity contribution in [3.8, 4) is 5.75 Å². The number of benzene rings is 3. The lowest BCUT2D eigenvalue weighted by molar-refractivity contribution is -0.136. The highest BCUT2D eigenvalue weighted by Gasteiger charge is 2.28. The van der Waals surface area contributed by atoms with E-state index in [9.17, 15) is 22.8 Å². The zero-order valence-corrected chi connectivity index (χ0v) is 27.7. The minimum atomic E-state index is -0.817. The number of hydrogen-bond donors (Lipinski definition) is 2. The summed E-state index contributed by atoms with van der Waals surface area (Å²) in [6, 6.07) is 15.7. The summed E-state index contributed by atoms with van der Waals surface area (Å²) in [7, 11) is 0. The molecular weight excluding hydrogens is 636 g/mol. The maximum absolute atomic E-state index is 15.2. The van der Waals surface area contributed by atoms with E-state index in [1.54, 1.807) is 4.90 Å². The molecule has 0 radical (unpaired) electrons. The molecule has 0 aliphatic carbocycles. The van der Waals surface area contributed by atoms with Crippen LogP contribution in [0.5, 0.6) is 5.75 Å². The Hall–Kier alpha value is -4.77. The largest absolute Gasteiger partial charge is 0.484 e. The van der Waals surface area contributed by atoms with E-state index in [1.165, 1.54) is 30.5 Å². The van der Waals surface area contributed by atoms with Crippen molar-refractivity contribution in [1.29, 1.82) is 0 Å². The number of carbonyl (C=O) groups is 2. The van der Waals surface area contributed by atoms with Crippen LogP contribution in [-0.2, 0) is 21.4 Å². The third-order valence-corrected chi connectivity index (χ3v) is 8.71. The molecule has 0 saturated carbocycles. The summed E-state index contributed by atoms with van der Waals surface area (Å²) < 4.78 is 63.0. The second-order valence-electron chi connectivity index (χ2n) is 13.3. The first-order valence-corrected chi connectivity index (χ1v) is 16.2. The summed E-state index contributed by atoms with van der Waals surface area (Å²) in [6.45, 7) is 7.80. The van der Waals surface area contributed by atoms with Gasteiger partial charge in [0.2, 0.25) is 5.91 Å². The first-order chi connectivity index (χ1) is 23.4. The predicted molar refractivity (Wildman–Crippen MR) is 179 cm³/mol. The molecule has 1 aliphatic rings. The molecule has 7 nitrogen and oxygen atoms in total. The van der Waals surface area contributed by atoms with E-state index in [0.29, 0.717) is 37.4 Å². The monoisotopic (exact) mass is 676 g/mol. The van der Waals surface area contributed by atoms with Crippen LogP contribution in [0.1, 0.15) is 61.8 Å². The molecule has 5 rings (SSSR count). The Morgan fingerprint density at radius 3 is 2.31 bits per heavy atom. The lowest BCUT2D eigenvalue weighted by atomic mass is 9.87. The molecule has 1 aliphatic heterocycles. The van der Waals surface area contributed by atoms with Crippen LogP contribution in [0.3, 0.4) is 0 Å². The molecule has 2 amide bonds. The number of anilines is 1. The number of pyridine rings is 1. The highest BCUT2D eigenvalue weighted by atomic mass is 19.1. The standard InChI is InChI=1S/C38H40F4N4O3/c1-38(2,3)26-6-11-31(12-7-26)49-23-37(48)46-15-14-43-20-30(46)10-13-32-34(42)21-44-22-35(32)45-36(47)19-33(24-4-8-27(39)9-5-24)25-16-28(40)18-29(41)17-25/h4-9,11-12,16-18,21-22,30,33,43H,10,13-15,19-20,23H2,1-3H3,(H,45,47)/t30-,33-/m0/s1. The Morgan fingerprint density at radius 1 is 0.939 bits per heavy atom. The number of amides is 2. The van der Waals surface area contributed by atoms with Crippen LogP contribution in [0.2, 0.25) is 0 Å². The van der Waals surface area contributed by atoms with Gasteiger partial charge in [-0.1, -0.05) is 45.0 Å². The Labute approximate surface area is 283 Å². The molecule has 1 aromatic heterocycles. The number of nitrogens with one attached hydrogen (secondary N) is 2. The quantitative estimate of drug-likeness (QED) is 0.169. The van der Waals surface area contributed by atoms with Gasteiger partial charge in [0.15, 0.2) is 6.61 Å². The molecule has 1 fully saturated rings. The van der Waals surface area contributed by atoms with Crippen LogP contribution >= 0.6 is 0 Å². The van der Waals surface area contributed by atoms with Gasteiger partial charge in [-0.15, -0.1) is 0 Å². The molecule has 258 valence electrons. The predicted octanol–water partition coefficient (Wildman–Crippen LogP) is 6.91. The second-order valence-corrected chi connectivity index (χ2v) is 13.3. The maximum atomic E-state index is 15.2. The SMILES string of the molecule is CC(C)(C)c1ccc(OCC(=O)N2CCNC[C@@H]2CCc2c(F)cncc2NC(=O)C[C@@H](c2ccc(F)cc2)c2cc(F)cc(F)c2)cc1. The number of aromatic nitrogens is 1. The van der Waals surface area contributed by atoms with Gasteiger partial charge in [0.25, 0.3) is 5.91 Å². The molecule has 4 aromatic rings. The lowest BCUT2D eigenvalue weighted by Gasteiger charge is -2.36. The van der Waals surface area contributed by atoms with E-state index in [4.69, 9.17) is 4.74 Å². The first-order valence-electron chi connectivity index (χ1n) is 16.2. The smallest absolute Gasteiger partial charge is 0.260 e. The van der Waals surface area contributed by atoms with Crippen molar-refractivity contribution in [2.24, 2.45) is 0 Å². The van der Waals surface area contributed by atoms with Crippen LogP contribution in [0, 0.1) is 23.3 Å². The molecule has 0 unspecified atom stereocenters. The van der Waals surface area contributed by atoms with Gasteiger partial charge in [-0.05, 0) is 71.3 Å². The molecule has 2 atom stereocenters. The van der Waals surface area contributed by atoms with E-state index in [2.05, 4.69) is 36.4 Å². The van der Waals surface area contributed by atoms with Crippen molar-refractivity contribution < 1.29 is 31.9 Å². The van der Waals surface area contributed by atoms with Gasteiger partial charge in [0, 0.05) is 49.6 Å². The number of piperazine rings is 1. The first kappa shape index (κ1) is 35.5. The molecule has 2 heterocycles. The second kappa shape index (κ2) is 15.6. The summed E-state index contributed by atoms with van der Waals surface area (Å²) in [6.07, 6.45) is 2.71. The fourth-order valence-electron chi connectivity index (χ4n) is 6.05. The summed E-state index contributed by atoms with van der Waals surface area (Å²) in [5.74, 6) is -3.72. The van der Waals surface area contributed by atoms with Crippen LogP contribution < -0.4 is 15.4 Å². The van der Waals surface area contributed by atoms with Crippen LogP contribution in [-0.4, -0.2) is 54.0 Å². The van der Waals surface area contributed by atoms with E-state index in [1.807, 2.05) is 24.3 Å². The number of hydrogen-bond acceptors (Lipinski definition) is 5. The topological polar surface area (TPSA) is 83.6 Å². The fourth-order valence-corrected chi connectivity index (χ4v) is 6.05. The Morgan fingerprint density at radius 2 is 1.63 bits per heavy atom. The zero-order chi connectivity index (χ0) is 35.1. The number of ether oxygens (including phenoxy) is 1. The third-order valence-electron chi connectivity index (χ3n) is 8.71. The van der Waals surface area contributed by atoms with Crippen molar-refractivity contribution in [2.45, 2.75) is 57.4 Å². The normalized spacial score (nSPS) is 15.5. The number of rotatable bonds is 11. The summed E-state index contributed by atoms with van der Waals surface area (Å²) in [5, 5.41) is 6.00. The van der Waals surface area contributed by atoms with Gasteiger partial charge in [0.1, 0.15) is 29.0 Å². The average molecular weight is 677 g/mol. The van der Waals surface area contributed by atoms with Crippen molar-refractivity contribution >= 4 is 17.5 Å². The van der Waals surface area contributed by atoms with Crippen LogP contribution in [0.4, 0.5) is 23.2 Å². The lowest BCUT2D eigenvalue weighted by Crippen LogP contribution is -2.54. The average Bonchev–Trinajstić information content (AvgIpc) is 3.06. The maximum Gasteiger partial charge on any atom is 0.260 e. The Kier molecular flexibility index (Phi) is 11.3. The van der Waals surface area contributed by atoms with Crippen molar-refractivity contribution in [3.63, 3.8) is 0 Å². The number of halogens is 4. The Balaban J connectivity index is 1.25. The summed E-state index contributed by atoms with van der Waals surface area (Å²) in [4.78, 5) is 32.3. The van der Waals surface area contributed by atoms with Gasteiger partial charge in [0.05, 0.1) is 18.1 Å². The number of nitrogens with zero attached hydrogens (tertiary/aromatic N) is 2. The van der Waals surface area contributed by atoms with E-state index in [0.717, 1.165) is 30.0 Å². The fraction of sp³-hybridized carbons (Fsp3) is 0.342. The van der Waals surface area contributed by atoms with Gasteiger partial charge in [-0.25, -0.2) is 17.6 Å². The molecule has 3 aromatic carbocycles. The highest BCUT2D eigenvalue weighted by Crippen LogP contribution is 2.31. The molecule has 0 spiro atoms. The third kappa shape index (κ3) is 9.44. The minimum Gasteiger partial charge on any atom is -0.484 e. The molecule has 1 saturated heterocycles. The molecule has 49 heavy (non-hydrogen) atoms. The van der Waals surface area contributed by atoms with Crippen LogP contribution in [0.15, 0.2) is 79.1 Å². The Bertz CT molecular complexity index is 1740. The number of carbonyl (C=O) groups excluding carboxylic acids is 2. The van der Waals surface area contributed by atoms with Gasteiger partial charge >= 0.3 is 0 Å². The van der Waals surface area contributed by atoms with E-state index < -0.39 is 35.1 Å². The van der Waals surface area contributed by atoms with Gasteiger partial charge in [-0.2, -0.15) is 0 Å². The molecular formula is C38H40F4N4O3. The molecule has 0 bridgehead atoms. The zero-order valence-electron chi connectivity index (χ0n) is 27.7. The van der Waals surface area contributed by atoms with Gasteiger partial charge < -0.3 is 20.3 Å². The minimum absolute atomic E-state index is 0.00464. The van der Waals surface area contributed by atoms with Gasteiger partial charge in [-0.3, -0.25) is 14.6 Å². The summed E-state index contributed by atoms with van der Waals surface area (Å²) >= 11 is 0. The van der Waals surface area contributed by atoms with Crippen molar-refractivity contribution in [2.75, 3.05) is 31.6 Å². The van der Waals surface area contributed by atoms with Crippen molar-refractivity contribution in [3.05, 3.63) is 125 Å². The molecule has 2 N–H and O–H groups in total. The van der Waals surface area contributed by atoms with Crippen LogP contribution in [0.25, 0.3) is 0 Å². The summed E-state index contributed by atoms with van der Waals surface area (Å²) in [5.41, 5.74) is 2.18.